The lowest BCUT2D eigenvalue weighted by Crippen LogP contribution is -1.96. The molecule has 1 aromatic heterocycles. The first-order valence-electron chi connectivity index (χ1n) is 5.45. The third-order valence-corrected chi connectivity index (χ3v) is 2.97. The van der Waals surface area contributed by atoms with Crippen LogP contribution in [0.4, 0.5) is 4.39 Å². The van der Waals surface area contributed by atoms with Crippen molar-refractivity contribution in [3.63, 3.8) is 0 Å². The van der Waals surface area contributed by atoms with Crippen LogP contribution in [0.25, 0.3) is 0 Å². The second kappa shape index (κ2) is 5.54. The van der Waals surface area contributed by atoms with Crippen molar-refractivity contribution in [1.82, 2.24) is 0 Å². The summed E-state index contributed by atoms with van der Waals surface area (Å²) in [6.07, 6.45) is 0. The molecule has 0 aliphatic carbocycles. The fourth-order valence-electron chi connectivity index (χ4n) is 1.63. The summed E-state index contributed by atoms with van der Waals surface area (Å²) in [5.41, 5.74) is 6.51. The molecular formula is C13H13BrFNO2. The molecule has 0 saturated carbocycles. The number of rotatable bonds is 4. The average molecular weight is 314 g/mol. The van der Waals surface area contributed by atoms with Crippen LogP contribution in [0.1, 0.15) is 17.1 Å². The summed E-state index contributed by atoms with van der Waals surface area (Å²) >= 11 is 3.21. The van der Waals surface area contributed by atoms with E-state index in [0.717, 1.165) is 11.3 Å². The number of furan rings is 1. The van der Waals surface area contributed by atoms with Gasteiger partial charge in [0.05, 0.1) is 0 Å². The van der Waals surface area contributed by atoms with Crippen molar-refractivity contribution < 1.29 is 13.5 Å². The maximum absolute atomic E-state index is 13.1. The highest BCUT2D eigenvalue weighted by molar-refractivity contribution is 9.10. The summed E-state index contributed by atoms with van der Waals surface area (Å²) in [4.78, 5) is 0. The summed E-state index contributed by atoms with van der Waals surface area (Å²) in [6, 6.07) is 6.24. The maximum Gasteiger partial charge on any atom is 0.146 e. The molecule has 0 aliphatic heterocycles. The van der Waals surface area contributed by atoms with E-state index in [9.17, 15) is 4.39 Å². The highest BCUT2D eigenvalue weighted by Gasteiger charge is 2.07. The highest BCUT2D eigenvalue weighted by atomic mass is 79.9. The topological polar surface area (TPSA) is 48.4 Å². The van der Waals surface area contributed by atoms with Crippen molar-refractivity contribution in [1.29, 1.82) is 0 Å². The molecule has 0 bridgehead atoms. The van der Waals surface area contributed by atoms with E-state index in [1.54, 1.807) is 6.07 Å². The molecule has 1 aromatic carbocycles. The molecule has 0 atom stereocenters. The molecule has 2 aromatic rings. The zero-order valence-electron chi connectivity index (χ0n) is 9.87. The van der Waals surface area contributed by atoms with Gasteiger partial charge in [-0.3, -0.25) is 0 Å². The molecule has 18 heavy (non-hydrogen) atoms. The Balaban J connectivity index is 2.06. The Bertz CT molecular complexity index is 534. The van der Waals surface area contributed by atoms with E-state index in [4.69, 9.17) is 14.9 Å². The smallest absolute Gasteiger partial charge is 0.146 e. The Hall–Kier alpha value is -1.33. The van der Waals surface area contributed by atoms with Gasteiger partial charge in [0.15, 0.2) is 0 Å². The van der Waals surface area contributed by atoms with E-state index in [-0.39, 0.29) is 12.4 Å². The third-order valence-electron chi connectivity index (χ3n) is 2.51. The van der Waals surface area contributed by atoms with Crippen molar-refractivity contribution >= 4 is 15.9 Å². The quantitative estimate of drug-likeness (QED) is 0.939. The summed E-state index contributed by atoms with van der Waals surface area (Å²) in [5, 5.41) is 0. The molecule has 5 heteroatoms. The molecule has 0 saturated heterocycles. The first kappa shape index (κ1) is 13.1. The summed E-state index contributed by atoms with van der Waals surface area (Å²) in [7, 11) is 0. The summed E-state index contributed by atoms with van der Waals surface area (Å²) < 4.78 is 24.7. The van der Waals surface area contributed by atoms with E-state index >= 15 is 0 Å². The molecule has 0 spiro atoms. The van der Waals surface area contributed by atoms with Crippen LogP contribution in [-0.2, 0) is 13.2 Å². The van der Waals surface area contributed by atoms with Gasteiger partial charge in [-0.25, -0.2) is 4.39 Å². The van der Waals surface area contributed by atoms with Crippen molar-refractivity contribution in [2.75, 3.05) is 0 Å². The normalized spacial score (nSPS) is 10.7. The number of ether oxygens (including phenoxy) is 1. The molecule has 96 valence electrons. The van der Waals surface area contributed by atoms with Crippen LogP contribution >= 0.6 is 15.9 Å². The lowest BCUT2D eigenvalue weighted by atomic mass is 10.2. The van der Waals surface area contributed by atoms with Gasteiger partial charge >= 0.3 is 0 Å². The van der Waals surface area contributed by atoms with Crippen LogP contribution in [0.5, 0.6) is 5.75 Å². The van der Waals surface area contributed by atoms with Gasteiger partial charge in [0.25, 0.3) is 0 Å². The van der Waals surface area contributed by atoms with Crippen LogP contribution < -0.4 is 10.5 Å². The fourth-order valence-corrected chi connectivity index (χ4v) is 2.07. The first-order chi connectivity index (χ1) is 8.58. The summed E-state index contributed by atoms with van der Waals surface area (Å²) in [6.45, 7) is 2.53. The van der Waals surface area contributed by atoms with E-state index < -0.39 is 0 Å². The molecule has 3 nitrogen and oxygen atoms in total. The van der Waals surface area contributed by atoms with Crippen molar-refractivity contribution in [2.45, 2.75) is 20.1 Å². The van der Waals surface area contributed by atoms with Gasteiger partial charge in [0.1, 0.15) is 29.7 Å². The Kier molecular flexibility index (Phi) is 4.04. The van der Waals surface area contributed by atoms with Crippen molar-refractivity contribution in [3.05, 3.63) is 51.6 Å². The number of nitrogens with two attached hydrogens (primary N) is 1. The van der Waals surface area contributed by atoms with Gasteiger partial charge in [-0.1, -0.05) is 15.9 Å². The zero-order valence-corrected chi connectivity index (χ0v) is 11.5. The predicted octanol–water partition coefficient (Wildman–Crippen LogP) is 3.53. The van der Waals surface area contributed by atoms with Crippen LogP contribution in [0.2, 0.25) is 0 Å². The van der Waals surface area contributed by atoms with Crippen LogP contribution in [0, 0.1) is 12.7 Å². The van der Waals surface area contributed by atoms with E-state index in [1.807, 2.05) is 13.0 Å². The first-order valence-corrected chi connectivity index (χ1v) is 6.25. The molecule has 0 radical (unpaired) electrons. The molecule has 0 amide bonds. The van der Waals surface area contributed by atoms with Gasteiger partial charge in [0.2, 0.25) is 0 Å². The van der Waals surface area contributed by atoms with E-state index in [2.05, 4.69) is 15.9 Å². The minimum atomic E-state index is -0.349. The largest absolute Gasteiger partial charge is 0.486 e. The van der Waals surface area contributed by atoms with Crippen molar-refractivity contribution in [2.24, 2.45) is 5.73 Å². The lowest BCUT2D eigenvalue weighted by molar-refractivity contribution is 0.266. The van der Waals surface area contributed by atoms with Crippen LogP contribution in [0.15, 0.2) is 33.2 Å². The average Bonchev–Trinajstić information content (AvgIpc) is 2.66. The minimum absolute atomic E-state index is 0.247. The standard InChI is InChI=1S/C13H13BrFNO2/c1-8-9(6-16)2-13(18-8)7-17-12-4-10(14)3-11(15)5-12/h2-5H,6-7,16H2,1H3. The molecule has 1 heterocycles. The molecule has 2 N–H and O–H groups in total. The zero-order chi connectivity index (χ0) is 13.1. The number of hydrogen-bond donors (Lipinski definition) is 1. The molecule has 0 unspecified atom stereocenters. The number of benzene rings is 1. The SMILES string of the molecule is Cc1oc(COc2cc(F)cc(Br)c2)cc1CN. The van der Waals surface area contributed by atoms with Crippen LogP contribution in [0.3, 0.4) is 0 Å². The molecule has 0 aliphatic rings. The highest BCUT2D eigenvalue weighted by Crippen LogP contribution is 2.22. The maximum atomic E-state index is 13.1. The Morgan fingerprint density at radius 2 is 2.11 bits per heavy atom. The van der Waals surface area contributed by atoms with E-state index in [0.29, 0.717) is 22.5 Å². The van der Waals surface area contributed by atoms with Crippen LogP contribution in [-0.4, -0.2) is 0 Å². The number of halogens is 2. The van der Waals surface area contributed by atoms with E-state index in [1.165, 1.54) is 12.1 Å². The number of hydrogen-bond acceptors (Lipinski definition) is 3. The lowest BCUT2D eigenvalue weighted by Gasteiger charge is -2.04. The Morgan fingerprint density at radius 1 is 1.33 bits per heavy atom. The molecular weight excluding hydrogens is 301 g/mol. The fraction of sp³-hybridized carbons (Fsp3) is 0.231. The Morgan fingerprint density at radius 3 is 2.72 bits per heavy atom. The molecule has 0 fully saturated rings. The minimum Gasteiger partial charge on any atom is -0.486 e. The van der Waals surface area contributed by atoms with Gasteiger partial charge in [-0.15, -0.1) is 0 Å². The molecule has 2 rings (SSSR count). The van der Waals surface area contributed by atoms with Gasteiger partial charge in [-0.2, -0.15) is 0 Å². The predicted molar refractivity (Wildman–Crippen MR) is 69.8 cm³/mol. The van der Waals surface area contributed by atoms with Crippen molar-refractivity contribution in [3.8, 4) is 5.75 Å². The monoisotopic (exact) mass is 313 g/mol. The van der Waals surface area contributed by atoms with Gasteiger partial charge in [0, 0.05) is 22.6 Å². The second-order valence-corrected chi connectivity index (χ2v) is 4.81. The third kappa shape index (κ3) is 3.11. The Labute approximate surface area is 113 Å². The van der Waals surface area contributed by atoms with Gasteiger partial charge < -0.3 is 14.9 Å². The van der Waals surface area contributed by atoms with Gasteiger partial charge in [-0.05, 0) is 25.1 Å². The number of aryl methyl sites for hydroxylation is 1. The summed E-state index contributed by atoms with van der Waals surface area (Å²) in [5.74, 6) is 1.56. The second-order valence-electron chi connectivity index (χ2n) is 3.89.